The fraction of sp³-hybridized carbons (Fsp3) is 0.744. The first-order chi connectivity index (χ1) is 25.0. The first-order valence-electron chi connectivity index (χ1n) is 19.2. The monoisotopic (exact) mass is 758 g/mol. The summed E-state index contributed by atoms with van der Waals surface area (Å²) >= 11 is 0. The molecule has 0 aromatic heterocycles. The van der Waals surface area contributed by atoms with Crippen LogP contribution in [0.5, 0.6) is 0 Å². The number of carbonyl (C=O) groups excluding carboxylic acids is 2. The number of hydrogen-bond donors (Lipinski definition) is 4. The van der Waals surface area contributed by atoms with E-state index in [-0.39, 0.29) is 19.4 Å². The normalized spacial score (nSPS) is 21.8. The smallest absolute Gasteiger partial charge is 0.306 e. The van der Waals surface area contributed by atoms with Crippen LogP contribution < -0.4 is 0 Å². The summed E-state index contributed by atoms with van der Waals surface area (Å²) in [4.78, 5) is 25.1. The van der Waals surface area contributed by atoms with Crippen LogP contribution in [-0.4, -0.2) is 96.0 Å². The lowest BCUT2D eigenvalue weighted by atomic mass is 10.00. The van der Waals surface area contributed by atoms with Crippen LogP contribution in [0.3, 0.4) is 0 Å². The molecule has 0 radical (unpaired) electrons. The van der Waals surface area contributed by atoms with Crippen molar-refractivity contribution in [2.45, 2.75) is 166 Å². The topological polar surface area (TPSA) is 186 Å². The second-order valence-electron chi connectivity index (χ2n) is 13.2. The maximum Gasteiger partial charge on any atom is 0.306 e. The van der Waals surface area contributed by atoms with Gasteiger partial charge in [-0.3, -0.25) is 14.1 Å². The highest BCUT2D eigenvalue weighted by Gasteiger charge is 2.46. The Morgan fingerprint density at radius 2 is 1.17 bits per heavy atom. The van der Waals surface area contributed by atoms with E-state index < -0.39 is 71.2 Å². The van der Waals surface area contributed by atoms with Crippen LogP contribution in [0.2, 0.25) is 0 Å². The minimum absolute atomic E-state index is 0.142. The third-order valence-electron chi connectivity index (χ3n) is 8.41. The highest BCUT2D eigenvalue weighted by Crippen LogP contribution is 2.23. The van der Waals surface area contributed by atoms with E-state index in [4.69, 9.17) is 18.9 Å². The Morgan fingerprint density at radius 3 is 1.77 bits per heavy atom. The maximum atomic E-state index is 12.6. The van der Waals surface area contributed by atoms with E-state index in [1.54, 1.807) is 0 Å². The molecular formula is C39H66O12S. The quantitative estimate of drug-likeness (QED) is 0.0272. The van der Waals surface area contributed by atoms with Crippen molar-refractivity contribution >= 4 is 22.1 Å². The fourth-order valence-corrected chi connectivity index (χ4v) is 6.06. The van der Waals surface area contributed by atoms with Gasteiger partial charge >= 0.3 is 11.9 Å². The molecule has 0 bridgehead atoms. The molecule has 0 aromatic rings. The summed E-state index contributed by atoms with van der Waals surface area (Å²) in [5, 5.41) is 30.7. The zero-order valence-electron chi connectivity index (χ0n) is 31.4. The number of aliphatic hydroxyl groups excluding tert-OH is 3. The number of hydrogen-bond acceptors (Lipinski definition) is 11. The van der Waals surface area contributed by atoms with Crippen LogP contribution >= 0.6 is 0 Å². The molecule has 0 amide bonds. The number of unbranched alkanes of at least 4 members (excludes halogenated alkanes) is 10. The van der Waals surface area contributed by atoms with Gasteiger partial charge in [-0.1, -0.05) is 114 Å². The third-order valence-corrected chi connectivity index (χ3v) is 9.16. The molecule has 1 fully saturated rings. The fourth-order valence-electron chi connectivity index (χ4n) is 5.37. The average Bonchev–Trinajstić information content (AvgIpc) is 3.10. The van der Waals surface area contributed by atoms with E-state index in [0.717, 1.165) is 57.8 Å². The number of rotatable bonds is 30. The number of aliphatic hydroxyl groups is 3. The molecular weight excluding hydrogens is 692 g/mol. The molecule has 1 rings (SSSR count). The van der Waals surface area contributed by atoms with Gasteiger partial charge in [0.2, 0.25) is 0 Å². The molecule has 13 heteroatoms. The molecule has 12 nitrogen and oxygen atoms in total. The lowest BCUT2D eigenvalue weighted by molar-refractivity contribution is -0.297. The van der Waals surface area contributed by atoms with E-state index in [9.17, 15) is 37.9 Å². The molecule has 1 heterocycles. The molecule has 0 aromatic carbocycles. The predicted octanol–water partition coefficient (Wildman–Crippen LogP) is 6.44. The van der Waals surface area contributed by atoms with E-state index in [2.05, 4.69) is 50.3 Å². The number of ether oxygens (including phenoxy) is 4. The Bertz CT molecular complexity index is 1170. The Kier molecular flexibility index (Phi) is 27.5. The maximum absolute atomic E-state index is 12.6. The zero-order valence-corrected chi connectivity index (χ0v) is 32.2. The van der Waals surface area contributed by atoms with Crippen molar-refractivity contribution in [1.29, 1.82) is 0 Å². The molecule has 2 unspecified atom stereocenters. The highest BCUT2D eigenvalue weighted by atomic mass is 32.2. The SMILES string of the molecule is CCCCC/C=C/C/C=C/C/C=C/C/C=C/CCCC(=O)OC[C@H](CO[C@H]1O[C@H](CS(=O)(=O)O)[C@@H](O)C(O)C1O)OC(=O)CCCCCCCCC. The molecule has 52 heavy (non-hydrogen) atoms. The Morgan fingerprint density at radius 1 is 0.654 bits per heavy atom. The predicted molar refractivity (Wildman–Crippen MR) is 201 cm³/mol. The van der Waals surface area contributed by atoms with E-state index in [1.165, 1.54) is 25.7 Å². The first-order valence-corrected chi connectivity index (χ1v) is 20.8. The van der Waals surface area contributed by atoms with Gasteiger partial charge in [0.25, 0.3) is 10.1 Å². The number of carbonyl (C=O) groups is 2. The molecule has 6 atom stereocenters. The molecule has 1 aliphatic heterocycles. The largest absolute Gasteiger partial charge is 0.462 e. The first kappa shape index (κ1) is 47.6. The number of esters is 2. The van der Waals surface area contributed by atoms with Crippen LogP contribution in [-0.2, 0) is 38.7 Å². The van der Waals surface area contributed by atoms with Crippen LogP contribution in [0.4, 0.5) is 0 Å². The molecule has 0 aliphatic carbocycles. The minimum Gasteiger partial charge on any atom is -0.462 e. The van der Waals surface area contributed by atoms with Gasteiger partial charge in [-0.15, -0.1) is 0 Å². The Hall–Kier alpha value is -2.39. The van der Waals surface area contributed by atoms with Gasteiger partial charge in [-0.05, 0) is 51.4 Å². The summed E-state index contributed by atoms with van der Waals surface area (Å²) in [6, 6.07) is 0. The molecule has 1 saturated heterocycles. The van der Waals surface area contributed by atoms with Gasteiger partial charge in [-0.2, -0.15) is 8.42 Å². The van der Waals surface area contributed by atoms with Crippen molar-refractivity contribution in [2.75, 3.05) is 19.0 Å². The summed E-state index contributed by atoms with van der Waals surface area (Å²) < 4.78 is 53.6. The van der Waals surface area contributed by atoms with E-state index >= 15 is 0 Å². The van der Waals surface area contributed by atoms with Gasteiger partial charge in [0.05, 0.1) is 6.61 Å². The average molecular weight is 759 g/mol. The summed E-state index contributed by atoms with van der Waals surface area (Å²) in [6.07, 6.45) is 23.5. The van der Waals surface area contributed by atoms with Gasteiger partial charge in [0.15, 0.2) is 12.4 Å². The van der Waals surface area contributed by atoms with Gasteiger partial charge in [-0.25, -0.2) is 0 Å². The van der Waals surface area contributed by atoms with Crippen LogP contribution in [0.25, 0.3) is 0 Å². The van der Waals surface area contributed by atoms with Crippen LogP contribution in [0.1, 0.15) is 129 Å². The van der Waals surface area contributed by atoms with Gasteiger partial charge < -0.3 is 34.3 Å². The van der Waals surface area contributed by atoms with Crippen molar-refractivity contribution in [1.82, 2.24) is 0 Å². The Balaban J connectivity index is 2.52. The molecule has 300 valence electrons. The minimum atomic E-state index is -4.60. The van der Waals surface area contributed by atoms with Crippen LogP contribution in [0.15, 0.2) is 48.6 Å². The lowest BCUT2D eigenvalue weighted by Gasteiger charge is -2.40. The standard InChI is InChI=1S/C39H66O12S/c1-3-5-7-9-11-12-13-14-15-16-17-18-19-20-22-23-25-27-34(40)48-29-32(50-35(41)28-26-24-21-10-8-6-4-2)30-49-39-38(44)37(43)36(42)33(51-39)31-52(45,46)47/h11-12,14-15,17-18,20,22,32-33,36-39,42-44H,3-10,13,16,19,21,23-31H2,1-2H3,(H,45,46,47)/b12-11+,15-14+,18-17+,22-20+/t32-,33-,36-,37?,38?,39+/m1/s1. The van der Waals surface area contributed by atoms with Gasteiger partial charge in [0.1, 0.15) is 36.8 Å². The van der Waals surface area contributed by atoms with E-state index in [1.807, 2.05) is 12.2 Å². The molecule has 0 spiro atoms. The van der Waals surface area contributed by atoms with E-state index in [0.29, 0.717) is 19.3 Å². The third kappa shape index (κ3) is 24.8. The number of allylic oxidation sites excluding steroid dienone is 8. The molecule has 0 saturated carbocycles. The molecule has 1 aliphatic rings. The highest BCUT2D eigenvalue weighted by molar-refractivity contribution is 7.85. The lowest BCUT2D eigenvalue weighted by Crippen LogP contribution is -2.60. The zero-order chi connectivity index (χ0) is 38.5. The summed E-state index contributed by atoms with van der Waals surface area (Å²) in [5.41, 5.74) is 0. The van der Waals surface area contributed by atoms with Gasteiger partial charge in [0, 0.05) is 12.8 Å². The van der Waals surface area contributed by atoms with Crippen molar-refractivity contribution < 1.29 is 56.8 Å². The van der Waals surface area contributed by atoms with Crippen molar-refractivity contribution in [3.63, 3.8) is 0 Å². The molecule has 4 N–H and O–H groups in total. The summed E-state index contributed by atoms with van der Waals surface area (Å²) in [7, 11) is -4.60. The summed E-state index contributed by atoms with van der Waals surface area (Å²) in [6.45, 7) is 3.59. The summed E-state index contributed by atoms with van der Waals surface area (Å²) in [5.74, 6) is -2.07. The van der Waals surface area contributed by atoms with Crippen molar-refractivity contribution in [3.05, 3.63) is 48.6 Å². The second-order valence-corrected chi connectivity index (χ2v) is 14.7. The Labute approximate surface area is 312 Å². The van der Waals surface area contributed by atoms with Crippen LogP contribution in [0, 0.1) is 0 Å². The second kappa shape index (κ2) is 30.0. The van der Waals surface area contributed by atoms with Crippen molar-refractivity contribution in [2.24, 2.45) is 0 Å². The van der Waals surface area contributed by atoms with Crippen molar-refractivity contribution in [3.8, 4) is 0 Å².